The molecule has 1 N–H and O–H groups in total. The topological polar surface area (TPSA) is 76.2 Å². The van der Waals surface area contributed by atoms with Gasteiger partial charge in [-0.3, -0.25) is 4.79 Å². The first-order valence-corrected chi connectivity index (χ1v) is 6.58. The van der Waals surface area contributed by atoms with Gasteiger partial charge in [-0.1, -0.05) is 26.0 Å². The molecule has 0 aliphatic carbocycles. The van der Waals surface area contributed by atoms with E-state index in [1.165, 1.54) is 0 Å². The van der Waals surface area contributed by atoms with Crippen LogP contribution in [0.3, 0.4) is 0 Å². The first-order chi connectivity index (χ1) is 9.78. The molecule has 0 atom stereocenters. The Morgan fingerprint density at radius 2 is 2.10 bits per heavy atom. The van der Waals surface area contributed by atoms with Crippen LogP contribution in [0.4, 0.5) is 4.39 Å². The molecular formula is C15H17FN2O3. The normalized spacial score (nSPS) is 11.6. The van der Waals surface area contributed by atoms with Gasteiger partial charge in [0.2, 0.25) is 5.89 Å². The number of aryl methyl sites for hydroxylation is 1. The number of carboxylic acid groups (broad SMARTS) is 1. The lowest BCUT2D eigenvalue weighted by molar-refractivity contribution is -0.139. The van der Waals surface area contributed by atoms with Gasteiger partial charge in [0.05, 0.1) is 12.0 Å². The monoisotopic (exact) mass is 292 g/mol. The fourth-order valence-corrected chi connectivity index (χ4v) is 2.13. The van der Waals surface area contributed by atoms with Crippen molar-refractivity contribution in [2.24, 2.45) is 5.41 Å². The summed E-state index contributed by atoms with van der Waals surface area (Å²) in [4.78, 5) is 10.8. The van der Waals surface area contributed by atoms with Crippen molar-refractivity contribution in [2.75, 3.05) is 0 Å². The minimum atomic E-state index is -0.885. The SMILES string of the molecule is Cc1cccc(-c2nnc(CC(C)(C)CC(=O)O)o2)c1F. The van der Waals surface area contributed by atoms with Gasteiger partial charge in [-0.15, -0.1) is 10.2 Å². The number of carbonyl (C=O) groups is 1. The summed E-state index contributed by atoms with van der Waals surface area (Å²) in [5.74, 6) is -0.864. The molecule has 0 saturated carbocycles. The minimum absolute atomic E-state index is 0.0104. The highest BCUT2D eigenvalue weighted by atomic mass is 19.1. The van der Waals surface area contributed by atoms with Gasteiger partial charge in [0.25, 0.3) is 5.89 Å². The second kappa shape index (κ2) is 5.63. The van der Waals surface area contributed by atoms with Crippen LogP contribution in [0.5, 0.6) is 0 Å². The molecule has 0 spiro atoms. The van der Waals surface area contributed by atoms with E-state index < -0.39 is 17.2 Å². The molecule has 112 valence electrons. The molecule has 1 aromatic heterocycles. The number of carboxylic acids is 1. The molecule has 21 heavy (non-hydrogen) atoms. The van der Waals surface area contributed by atoms with Crippen LogP contribution in [-0.2, 0) is 11.2 Å². The number of aromatic nitrogens is 2. The molecule has 0 amide bonds. The van der Waals surface area contributed by atoms with E-state index in [0.717, 1.165) is 0 Å². The highest BCUT2D eigenvalue weighted by molar-refractivity contribution is 5.67. The lowest BCUT2D eigenvalue weighted by Crippen LogP contribution is -2.19. The van der Waals surface area contributed by atoms with Crippen molar-refractivity contribution in [3.63, 3.8) is 0 Å². The molecule has 0 aliphatic heterocycles. The molecule has 0 unspecified atom stereocenters. The number of benzene rings is 1. The summed E-state index contributed by atoms with van der Waals surface area (Å²) >= 11 is 0. The zero-order valence-electron chi connectivity index (χ0n) is 12.2. The summed E-state index contributed by atoms with van der Waals surface area (Å²) < 4.78 is 19.5. The fourth-order valence-electron chi connectivity index (χ4n) is 2.13. The second-order valence-corrected chi connectivity index (χ2v) is 5.85. The molecule has 0 bridgehead atoms. The molecule has 1 heterocycles. The predicted molar refractivity (Wildman–Crippen MR) is 74.2 cm³/mol. The highest BCUT2D eigenvalue weighted by Gasteiger charge is 2.25. The van der Waals surface area contributed by atoms with Gasteiger partial charge >= 0.3 is 5.97 Å². The molecule has 5 nitrogen and oxygen atoms in total. The van der Waals surface area contributed by atoms with Gasteiger partial charge in [0.15, 0.2) is 0 Å². The van der Waals surface area contributed by atoms with E-state index in [4.69, 9.17) is 9.52 Å². The Morgan fingerprint density at radius 1 is 1.38 bits per heavy atom. The van der Waals surface area contributed by atoms with Crippen molar-refractivity contribution in [3.05, 3.63) is 35.5 Å². The average Bonchev–Trinajstić information content (AvgIpc) is 2.78. The molecule has 2 aromatic rings. The Labute approximate surface area is 121 Å². The number of aliphatic carboxylic acids is 1. The van der Waals surface area contributed by atoms with Gasteiger partial charge < -0.3 is 9.52 Å². The third-order valence-corrected chi connectivity index (χ3v) is 3.15. The molecule has 0 aliphatic rings. The summed E-state index contributed by atoms with van der Waals surface area (Å²) in [5, 5.41) is 16.6. The van der Waals surface area contributed by atoms with Crippen LogP contribution in [0.1, 0.15) is 31.7 Å². The maximum absolute atomic E-state index is 14.0. The van der Waals surface area contributed by atoms with Crippen LogP contribution < -0.4 is 0 Å². The zero-order chi connectivity index (χ0) is 15.6. The standard InChI is InChI=1S/C15H17FN2O3/c1-9-5-4-6-10(13(9)16)14-18-17-11(21-14)7-15(2,3)8-12(19)20/h4-6H,7-8H2,1-3H3,(H,19,20). The third-order valence-electron chi connectivity index (χ3n) is 3.15. The van der Waals surface area contributed by atoms with Crippen LogP contribution in [-0.4, -0.2) is 21.3 Å². The largest absolute Gasteiger partial charge is 0.481 e. The van der Waals surface area contributed by atoms with Crippen molar-refractivity contribution in [1.82, 2.24) is 10.2 Å². The minimum Gasteiger partial charge on any atom is -0.481 e. The smallest absolute Gasteiger partial charge is 0.303 e. The number of halogens is 1. The summed E-state index contributed by atoms with van der Waals surface area (Å²) in [6.07, 6.45) is 0.309. The van der Waals surface area contributed by atoms with Crippen LogP contribution in [0.25, 0.3) is 11.5 Å². The van der Waals surface area contributed by atoms with Crippen LogP contribution >= 0.6 is 0 Å². The molecule has 1 aromatic carbocycles. The summed E-state index contributed by atoms with van der Waals surface area (Å²) in [6.45, 7) is 5.27. The first-order valence-electron chi connectivity index (χ1n) is 6.58. The van der Waals surface area contributed by atoms with E-state index in [2.05, 4.69) is 10.2 Å². The predicted octanol–water partition coefficient (Wildman–Crippen LogP) is 3.23. The Kier molecular flexibility index (Phi) is 4.06. The lowest BCUT2D eigenvalue weighted by atomic mass is 9.86. The Morgan fingerprint density at radius 3 is 2.76 bits per heavy atom. The molecule has 0 radical (unpaired) electrons. The average molecular weight is 292 g/mol. The van der Waals surface area contributed by atoms with E-state index in [1.807, 2.05) is 0 Å². The van der Waals surface area contributed by atoms with Gasteiger partial charge in [-0.2, -0.15) is 0 Å². The lowest BCUT2D eigenvalue weighted by Gasteiger charge is -2.19. The van der Waals surface area contributed by atoms with E-state index in [-0.39, 0.29) is 17.9 Å². The van der Waals surface area contributed by atoms with Crippen LogP contribution in [0.2, 0.25) is 0 Å². The van der Waals surface area contributed by atoms with Crippen molar-refractivity contribution in [2.45, 2.75) is 33.6 Å². The summed E-state index contributed by atoms with van der Waals surface area (Å²) in [5.41, 5.74) is 0.240. The van der Waals surface area contributed by atoms with Gasteiger partial charge in [0.1, 0.15) is 5.82 Å². The van der Waals surface area contributed by atoms with Crippen LogP contribution in [0.15, 0.2) is 22.6 Å². The highest BCUT2D eigenvalue weighted by Crippen LogP contribution is 2.28. The van der Waals surface area contributed by atoms with E-state index in [0.29, 0.717) is 17.9 Å². The number of rotatable bonds is 5. The zero-order valence-corrected chi connectivity index (χ0v) is 12.2. The number of hydrogen-bond donors (Lipinski definition) is 1. The van der Waals surface area contributed by atoms with Crippen molar-refractivity contribution >= 4 is 5.97 Å². The molecular weight excluding hydrogens is 275 g/mol. The van der Waals surface area contributed by atoms with E-state index >= 15 is 0 Å². The quantitative estimate of drug-likeness (QED) is 0.915. The maximum Gasteiger partial charge on any atom is 0.303 e. The third kappa shape index (κ3) is 3.65. The number of hydrogen-bond acceptors (Lipinski definition) is 4. The van der Waals surface area contributed by atoms with Gasteiger partial charge in [-0.25, -0.2) is 4.39 Å². The Bertz CT molecular complexity index is 665. The van der Waals surface area contributed by atoms with Crippen molar-refractivity contribution in [3.8, 4) is 11.5 Å². The second-order valence-electron chi connectivity index (χ2n) is 5.85. The van der Waals surface area contributed by atoms with Crippen molar-refractivity contribution in [1.29, 1.82) is 0 Å². The van der Waals surface area contributed by atoms with E-state index in [1.54, 1.807) is 39.0 Å². The maximum atomic E-state index is 14.0. The van der Waals surface area contributed by atoms with Crippen molar-refractivity contribution < 1.29 is 18.7 Å². The Balaban J connectivity index is 2.22. The number of nitrogens with zero attached hydrogens (tertiary/aromatic N) is 2. The molecule has 6 heteroatoms. The fraction of sp³-hybridized carbons (Fsp3) is 0.400. The Hall–Kier alpha value is -2.24. The van der Waals surface area contributed by atoms with Gasteiger partial charge in [-0.05, 0) is 24.0 Å². The van der Waals surface area contributed by atoms with Gasteiger partial charge in [0, 0.05) is 6.42 Å². The molecule has 0 fully saturated rings. The van der Waals surface area contributed by atoms with E-state index in [9.17, 15) is 9.18 Å². The first kappa shape index (κ1) is 15.2. The summed E-state index contributed by atoms with van der Waals surface area (Å²) in [7, 11) is 0. The molecule has 0 saturated heterocycles. The van der Waals surface area contributed by atoms with Crippen LogP contribution in [0, 0.1) is 18.2 Å². The summed E-state index contributed by atoms with van der Waals surface area (Å²) in [6, 6.07) is 4.94. The molecule has 2 rings (SSSR count).